The Balaban J connectivity index is 2.66. The molecule has 1 unspecified atom stereocenters. The molecule has 0 spiro atoms. The van der Waals surface area contributed by atoms with Gasteiger partial charge in [0.2, 0.25) is 0 Å². The number of rotatable bonds is 10. The van der Waals surface area contributed by atoms with E-state index in [1.165, 1.54) is 32.2 Å². The van der Waals surface area contributed by atoms with E-state index in [-0.39, 0.29) is 0 Å². The molecule has 1 rings (SSSR count). The van der Waals surface area contributed by atoms with E-state index in [9.17, 15) is 0 Å². The number of piperidine rings is 1. The lowest BCUT2D eigenvalue weighted by molar-refractivity contribution is 0.0283. The Morgan fingerprint density at radius 2 is 1.90 bits per heavy atom. The molecule has 1 aliphatic heterocycles. The molecule has 0 aromatic carbocycles. The minimum absolute atomic E-state index is 0.457. The molecule has 1 N–H and O–H groups in total. The summed E-state index contributed by atoms with van der Waals surface area (Å²) in [5.74, 6) is 0. The van der Waals surface area contributed by atoms with Gasteiger partial charge in [0.05, 0.1) is 13.2 Å². The number of methoxy groups -OCH3 is 2. The van der Waals surface area contributed by atoms with Gasteiger partial charge in [-0.15, -0.1) is 0 Å². The molecule has 4 heteroatoms. The Labute approximate surface area is 125 Å². The summed E-state index contributed by atoms with van der Waals surface area (Å²) in [5.41, 5.74) is 0.482. The summed E-state index contributed by atoms with van der Waals surface area (Å²) in [6, 6.07) is 0.457. The third kappa shape index (κ3) is 5.68. The highest BCUT2D eigenvalue weighted by molar-refractivity contribution is 4.88. The predicted octanol–water partition coefficient (Wildman–Crippen LogP) is 2.14. The molecule has 1 saturated heterocycles. The first-order valence-electron chi connectivity index (χ1n) is 8.10. The van der Waals surface area contributed by atoms with Crippen molar-refractivity contribution < 1.29 is 9.47 Å². The van der Waals surface area contributed by atoms with Gasteiger partial charge < -0.3 is 14.8 Å². The standard InChI is InChI=1S/C16H34N2O2/c1-5-6-16(7-9-17-10-8-16)14-18(11-12-19-3)15(2)13-20-4/h15,17H,5-14H2,1-4H3. The SMILES string of the molecule is CCCC1(CN(CCOC)C(C)COC)CCNCC1. The quantitative estimate of drug-likeness (QED) is 0.667. The third-order valence-corrected chi connectivity index (χ3v) is 4.60. The van der Waals surface area contributed by atoms with Gasteiger partial charge in [-0.3, -0.25) is 4.90 Å². The van der Waals surface area contributed by atoms with Gasteiger partial charge >= 0.3 is 0 Å². The zero-order valence-electron chi connectivity index (χ0n) is 13.9. The summed E-state index contributed by atoms with van der Waals surface area (Å²) in [6.45, 7) is 10.7. The molecule has 4 nitrogen and oxygen atoms in total. The number of hydrogen-bond donors (Lipinski definition) is 1. The third-order valence-electron chi connectivity index (χ3n) is 4.60. The lowest BCUT2D eigenvalue weighted by atomic mass is 9.74. The molecule has 20 heavy (non-hydrogen) atoms. The molecule has 120 valence electrons. The van der Waals surface area contributed by atoms with Crippen LogP contribution in [0.4, 0.5) is 0 Å². The summed E-state index contributed by atoms with van der Waals surface area (Å²) in [5, 5.41) is 3.50. The summed E-state index contributed by atoms with van der Waals surface area (Å²) in [4.78, 5) is 2.56. The van der Waals surface area contributed by atoms with Crippen LogP contribution in [0.5, 0.6) is 0 Å². The topological polar surface area (TPSA) is 33.7 Å². The van der Waals surface area contributed by atoms with Crippen LogP contribution in [-0.2, 0) is 9.47 Å². The van der Waals surface area contributed by atoms with Crippen molar-refractivity contribution in [1.82, 2.24) is 10.2 Å². The fraction of sp³-hybridized carbons (Fsp3) is 1.00. The van der Waals surface area contributed by atoms with Crippen molar-refractivity contribution in [2.45, 2.75) is 45.6 Å². The van der Waals surface area contributed by atoms with E-state index in [0.717, 1.165) is 32.8 Å². The van der Waals surface area contributed by atoms with Gasteiger partial charge in [-0.1, -0.05) is 13.3 Å². The molecule has 1 heterocycles. The van der Waals surface area contributed by atoms with Gasteiger partial charge in [0.25, 0.3) is 0 Å². The van der Waals surface area contributed by atoms with Crippen LogP contribution in [-0.4, -0.2) is 64.6 Å². The summed E-state index contributed by atoms with van der Waals surface area (Å²) >= 11 is 0. The van der Waals surface area contributed by atoms with Crippen molar-refractivity contribution in [3.05, 3.63) is 0 Å². The van der Waals surface area contributed by atoms with Crippen LogP contribution in [0, 0.1) is 5.41 Å². The highest BCUT2D eigenvalue weighted by Gasteiger charge is 2.34. The zero-order valence-corrected chi connectivity index (χ0v) is 13.9. The molecule has 1 atom stereocenters. The molecule has 0 bridgehead atoms. The van der Waals surface area contributed by atoms with E-state index in [1.807, 2.05) is 0 Å². The maximum absolute atomic E-state index is 5.35. The van der Waals surface area contributed by atoms with Crippen molar-refractivity contribution in [2.75, 3.05) is 53.6 Å². The van der Waals surface area contributed by atoms with Crippen molar-refractivity contribution in [3.63, 3.8) is 0 Å². The number of hydrogen-bond acceptors (Lipinski definition) is 4. The Hall–Kier alpha value is -0.160. The van der Waals surface area contributed by atoms with E-state index >= 15 is 0 Å². The first kappa shape index (κ1) is 17.9. The molecule has 0 aliphatic carbocycles. The van der Waals surface area contributed by atoms with E-state index in [2.05, 4.69) is 24.1 Å². The Morgan fingerprint density at radius 1 is 1.20 bits per heavy atom. The largest absolute Gasteiger partial charge is 0.383 e. The van der Waals surface area contributed by atoms with Crippen molar-refractivity contribution >= 4 is 0 Å². The normalized spacial score (nSPS) is 20.2. The summed E-state index contributed by atoms with van der Waals surface area (Å²) in [6.07, 6.45) is 5.20. The lowest BCUT2D eigenvalue weighted by Crippen LogP contribution is -2.49. The minimum atomic E-state index is 0.457. The first-order valence-corrected chi connectivity index (χ1v) is 8.10. The number of ether oxygens (including phenoxy) is 2. The monoisotopic (exact) mass is 286 g/mol. The van der Waals surface area contributed by atoms with Crippen LogP contribution in [0.2, 0.25) is 0 Å². The molecule has 0 radical (unpaired) electrons. The highest BCUT2D eigenvalue weighted by Crippen LogP contribution is 2.35. The Kier molecular flexibility index (Phi) is 8.69. The summed E-state index contributed by atoms with van der Waals surface area (Å²) < 4.78 is 10.6. The second kappa shape index (κ2) is 9.72. The minimum Gasteiger partial charge on any atom is -0.383 e. The van der Waals surface area contributed by atoms with Crippen LogP contribution < -0.4 is 5.32 Å². The summed E-state index contributed by atoms with van der Waals surface area (Å²) in [7, 11) is 3.57. The van der Waals surface area contributed by atoms with Gasteiger partial charge in [0, 0.05) is 33.4 Å². The second-order valence-electron chi connectivity index (χ2n) is 6.27. The molecule has 0 aromatic rings. The van der Waals surface area contributed by atoms with Crippen LogP contribution in [0.15, 0.2) is 0 Å². The number of nitrogens with one attached hydrogen (secondary N) is 1. The molecule has 0 aromatic heterocycles. The van der Waals surface area contributed by atoms with Crippen LogP contribution >= 0.6 is 0 Å². The van der Waals surface area contributed by atoms with Gasteiger partial charge in [-0.25, -0.2) is 0 Å². The molecule has 1 aliphatic rings. The van der Waals surface area contributed by atoms with E-state index in [4.69, 9.17) is 9.47 Å². The predicted molar refractivity (Wildman–Crippen MR) is 84.2 cm³/mol. The van der Waals surface area contributed by atoms with E-state index < -0.39 is 0 Å². The fourth-order valence-corrected chi connectivity index (χ4v) is 3.42. The lowest BCUT2D eigenvalue weighted by Gasteiger charge is -2.43. The van der Waals surface area contributed by atoms with Crippen LogP contribution in [0.3, 0.4) is 0 Å². The zero-order chi connectivity index (χ0) is 14.8. The molecular weight excluding hydrogens is 252 g/mol. The first-order chi connectivity index (χ1) is 9.67. The Morgan fingerprint density at radius 3 is 2.45 bits per heavy atom. The maximum Gasteiger partial charge on any atom is 0.0615 e. The second-order valence-corrected chi connectivity index (χ2v) is 6.27. The fourth-order valence-electron chi connectivity index (χ4n) is 3.42. The van der Waals surface area contributed by atoms with Gasteiger partial charge in [-0.2, -0.15) is 0 Å². The average molecular weight is 286 g/mol. The van der Waals surface area contributed by atoms with Crippen LogP contribution in [0.25, 0.3) is 0 Å². The van der Waals surface area contributed by atoms with E-state index in [1.54, 1.807) is 14.2 Å². The van der Waals surface area contributed by atoms with Gasteiger partial charge in [0.15, 0.2) is 0 Å². The van der Waals surface area contributed by atoms with Crippen molar-refractivity contribution in [1.29, 1.82) is 0 Å². The molecule has 0 saturated carbocycles. The molecular formula is C16H34N2O2. The van der Waals surface area contributed by atoms with Crippen molar-refractivity contribution in [3.8, 4) is 0 Å². The van der Waals surface area contributed by atoms with Gasteiger partial charge in [-0.05, 0) is 44.7 Å². The van der Waals surface area contributed by atoms with Crippen LogP contribution in [0.1, 0.15) is 39.5 Å². The number of nitrogens with zero attached hydrogens (tertiary/aromatic N) is 1. The van der Waals surface area contributed by atoms with Crippen molar-refractivity contribution in [2.24, 2.45) is 5.41 Å². The molecule has 0 amide bonds. The average Bonchev–Trinajstić information content (AvgIpc) is 2.45. The highest BCUT2D eigenvalue weighted by atomic mass is 16.5. The molecule has 1 fully saturated rings. The smallest absolute Gasteiger partial charge is 0.0615 e. The Bertz CT molecular complexity index is 237. The van der Waals surface area contributed by atoms with E-state index in [0.29, 0.717) is 11.5 Å². The van der Waals surface area contributed by atoms with Gasteiger partial charge in [0.1, 0.15) is 0 Å². The maximum atomic E-state index is 5.35.